The first-order valence-electron chi connectivity index (χ1n) is 6.56. The number of carbonyl (C=O) groups excluding carboxylic acids is 1. The highest BCUT2D eigenvalue weighted by Crippen LogP contribution is 2.12. The number of carbonyl (C=O) groups is 1. The molecule has 1 rings (SSSR count). The van der Waals surface area contributed by atoms with Crippen molar-refractivity contribution in [3.05, 3.63) is 35.4 Å². The van der Waals surface area contributed by atoms with E-state index in [9.17, 15) is 4.79 Å². The second-order valence-corrected chi connectivity index (χ2v) is 4.96. The van der Waals surface area contributed by atoms with Crippen molar-refractivity contribution in [1.29, 1.82) is 0 Å². The van der Waals surface area contributed by atoms with E-state index in [1.165, 1.54) is 0 Å². The predicted octanol–water partition coefficient (Wildman–Crippen LogP) is 3.93. The van der Waals surface area contributed by atoms with Gasteiger partial charge in [0.1, 0.15) is 0 Å². The third kappa shape index (κ3) is 4.02. The van der Waals surface area contributed by atoms with Gasteiger partial charge in [0.2, 0.25) is 0 Å². The van der Waals surface area contributed by atoms with Crippen molar-refractivity contribution in [3.63, 3.8) is 0 Å². The van der Waals surface area contributed by atoms with Crippen LogP contribution in [0.5, 0.6) is 0 Å². The normalized spacial score (nSPS) is 12.2. The van der Waals surface area contributed by atoms with Crippen LogP contribution in [0.25, 0.3) is 0 Å². The average Bonchev–Trinajstić information content (AvgIpc) is 2.43. The number of rotatable bonds is 6. The van der Waals surface area contributed by atoms with Crippen molar-refractivity contribution in [2.24, 2.45) is 5.92 Å². The van der Waals surface area contributed by atoms with Gasteiger partial charge in [-0.05, 0) is 30.5 Å². The van der Waals surface area contributed by atoms with Crippen LogP contribution in [0.3, 0.4) is 0 Å². The first-order chi connectivity index (χ1) is 8.62. The Morgan fingerprint density at radius 1 is 1.28 bits per heavy atom. The minimum absolute atomic E-state index is 0.110. The Balaban J connectivity index is 2.76. The summed E-state index contributed by atoms with van der Waals surface area (Å²) in [5.74, 6) is 1.13. The van der Waals surface area contributed by atoms with Gasteiger partial charge in [-0.25, -0.2) is 0 Å². The van der Waals surface area contributed by atoms with Crippen LogP contribution in [-0.4, -0.2) is 23.9 Å². The minimum atomic E-state index is 0.110. The molecule has 1 aromatic rings. The molecular weight excluding hydrogens is 246 g/mol. The molecule has 0 N–H and O–H groups in total. The summed E-state index contributed by atoms with van der Waals surface area (Å²) in [5.41, 5.74) is 1.78. The molecule has 2 nitrogen and oxygen atoms in total. The molecular formula is C15H22ClNO. The lowest BCUT2D eigenvalue weighted by Crippen LogP contribution is -2.34. The molecule has 0 aliphatic heterocycles. The molecule has 0 aliphatic rings. The zero-order valence-electron chi connectivity index (χ0n) is 11.4. The maximum atomic E-state index is 12.3. The fourth-order valence-electron chi connectivity index (χ4n) is 1.78. The van der Waals surface area contributed by atoms with Crippen LogP contribution < -0.4 is 0 Å². The summed E-state index contributed by atoms with van der Waals surface area (Å²) in [6, 6.07) is 7.55. The Bertz CT molecular complexity index is 375. The predicted molar refractivity (Wildman–Crippen MR) is 77.0 cm³/mol. The summed E-state index contributed by atoms with van der Waals surface area (Å²) in [7, 11) is 0. The van der Waals surface area contributed by atoms with Crippen molar-refractivity contribution in [2.75, 3.05) is 13.1 Å². The van der Waals surface area contributed by atoms with Gasteiger partial charge in [0, 0.05) is 24.5 Å². The van der Waals surface area contributed by atoms with Crippen molar-refractivity contribution >= 4 is 17.5 Å². The van der Waals surface area contributed by atoms with Crippen molar-refractivity contribution in [2.45, 2.75) is 33.1 Å². The first-order valence-corrected chi connectivity index (χ1v) is 7.09. The number of hydrogen-bond acceptors (Lipinski definition) is 1. The fourth-order valence-corrected chi connectivity index (χ4v) is 1.96. The Hall–Kier alpha value is -1.02. The zero-order chi connectivity index (χ0) is 13.5. The van der Waals surface area contributed by atoms with Crippen molar-refractivity contribution in [3.8, 4) is 0 Å². The number of hydrogen-bond donors (Lipinski definition) is 0. The maximum Gasteiger partial charge on any atom is 0.253 e. The molecule has 0 bridgehead atoms. The highest BCUT2D eigenvalue weighted by molar-refractivity contribution is 6.17. The maximum absolute atomic E-state index is 12.3. The largest absolute Gasteiger partial charge is 0.339 e. The van der Waals surface area contributed by atoms with E-state index < -0.39 is 0 Å². The molecule has 0 spiro atoms. The summed E-state index contributed by atoms with van der Waals surface area (Å²) in [4.78, 5) is 14.2. The van der Waals surface area contributed by atoms with Crippen molar-refractivity contribution in [1.82, 2.24) is 4.90 Å². The SMILES string of the molecule is CCC(C)CN(CC)C(=O)c1ccc(CCl)cc1. The quantitative estimate of drug-likeness (QED) is 0.715. The van der Waals surface area contributed by atoms with E-state index in [0.717, 1.165) is 30.6 Å². The standard InChI is InChI=1S/C15H22ClNO/c1-4-12(3)11-17(5-2)15(18)14-8-6-13(10-16)7-9-14/h6-9,12H,4-5,10-11H2,1-3H3. The molecule has 1 aromatic carbocycles. The fraction of sp³-hybridized carbons (Fsp3) is 0.533. The molecule has 1 unspecified atom stereocenters. The van der Waals surface area contributed by atoms with Crippen LogP contribution >= 0.6 is 11.6 Å². The van der Waals surface area contributed by atoms with Crippen LogP contribution in [0.2, 0.25) is 0 Å². The monoisotopic (exact) mass is 267 g/mol. The van der Waals surface area contributed by atoms with Gasteiger partial charge in [-0.3, -0.25) is 4.79 Å². The number of nitrogens with zero attached hydrogens (tertiary/aromatic N) is 1. The second-order valence-electron chi connectivity index (χ2n) is 4.69. The number of alkyl halides is 1. The third-order valence-corrected chi connectivity index (χ3v) is 3.56. The van der Waals surface area contributed by atoms with E-state index >= 15 is 0 Å². The van der Waals surface area contributed by atoms with Gasteiger partial charge >= 0.3 is 0 Å². The van der Waals surface area contributed by atoms with E-state index in [4.69, 9.17) is 11.6 Å². The lowest BCUT2D eigenvalue weighted by molar-refractivity contribution is 0.0741. The summed E-state index contributed by atoms with van der Waals surface area (Å²) < 4.78 is 0. The molecule has 18 heavy (non-hydrogen) atoms. The minimum Gasteiger partial charge on any atom is -0.339 e. The van der Waals surface area contributed by atoms with Gasteiger partial charge in [-0.1, -0.05) is 32.4 Å². The first kappa shape index (κ1) is 15.0. The average molecular weight is 268 g/mol. The summed E-state index contributed by atoms with van der Waals surface area (Å²) >= 11 is 5.74. The van der Waals surface area contributed by atoms with Crippen LogP contribution in [0, 0.1) is 5.92 Å². The van der Waals surface area contributed by atoms with Gasteiger partial charge in [0.25, 0.3) is 5.91 Å². The molecule has 3 heteroatoms. The van der Waals surface area contributed by atoms with E-state index in [2.05, 4.69) is 13.8 Å². The molecule has 1 amide bonds. The van der Waals surface area contributed by atoms with Crippen LogP contribution in [-0.2, 0) is 5.88 Å². The summed E-state index contributed by atoms with van der Waals surface area (Å²) in [6.07, 6.45) is 1.09. The van der Waals surface area contributed by atoms with Gasteiger partial charge in [-0.15, -0.1) is 11.6 Å². The molecule has 1 atom stereocenters. The number of amides is 1. The van der Waals surface area contributed by atoms with Gasteiger partial charge in [0.15, 0.2) is 0 Å². The number of benzene rings is 1. The van der Waals surface area contributed by atoms with E-state index in [1.807, 2.05) is 36.1 Å². The lowest BCUT2D eigenvalue weighted by Gasteiger charge is -2.24. The van der Waals surface area contributed by atoms with E-state index in [0.29, 0.717) is 11.8 Å². The van der Waals surface area contributed by atoms with Gasteiger partial charge in [0.05, 0.1) is 0 Å². The molecule has 0 fully saturated rings. The molecule has 0 saturated carbocycles. The molecule has 0 aliphatic carbocycles. The molecule has 100 valence electrons. The van der Waals surface area contributed by atoms with Crippen molar-refractivity contribution < 1.29 is 4.79 Å². The highest BCUT2D eigenvalue weighted by atomic mass is 35.5. The molecule has 0 aromatic heterocycles. The highest BCUT2D eigenvalue weighted by Gasteiger charge is 2.15. The van der Waals surface area contributed by atoms with Crippen LogP contribution in [0.4, 0.5) is 0 Å². The molecule has 0 saturated heterocycles. The van der Waals surface area contributed by atoms with Gasteiger partial charge < -0.3 is 4.90 Å². The lowest BCUT2D eigenvalue weighted by atomic mass is 10.1. The van der Waals surface area contributed by atoms with Crippen LogP contribution in [0.1, 0.15) is 43.1 Å². The molecule has 0 radical (unpaired) electrons. The Kier molecular flexibility index (Phi) is 6.20. The Morgan fingerprint density at radius 2 is 1.89 bits per heavy atom. The Morgan fingerprint density at radius 3 is 2.33 bits per heavy atom. The summed E-state index contributed by atoms with van der Waals surface area (Å²) in [6.45, 7) is 7.92. The van der Waals surface area contributed by atoms with E-state index in [-0.39, 0.29) is 5.91 Å². The second kappa shape index (κ2) is 7.42. The third-order valence-electron chi connectivity index (χ3n) is 3.25. The van der Waals surface area contributed by atoms with Gasteiger partial charge in [-0.2, -0.15) is 0 Å². The Labute approximate surface area is 115 Å². The molecule has 0 heterocycles. The van der Waals surface area contributed by atoms with E-state index in [1.54, 1.807) is 0 Å². The smallest absolute Gasteiger partial charge is 0.253 e. The van der Waals surface area contributed by atoms with Crippen LogP contribution in [0.15, 0.2) is 24.3 Å². The topological polar surface area (TPSA) is 20.3 Å². The summed E-state index contributed by atoms with van der Waals surface area (Å²) in [5, 5.41) is 0. The number of halogens is 1. The zero-order valence-corrected chi connectivity index (χ0v) is 12.2.